The largest absolute Gasteiger partial charge is 0.338 e. The summed E-state index contributed by atoms with van der Waals surface area (Å²) in [6.45, 7) is 5.59. The zero-order chi connectivity index (χ0) is 11.1. The lowest BCUT2D eigenvalue weighted by atomic mass is 10.0. The van der Waals surface area contributed by atoms with E-state index in [4.69, 9.17) is 39.5 Å². The number of alkyl halides is 3. The summed E-state index contributed by atoms with van der Waals surface area (Å²) in [4.78, 5) is 11.5. The summed E-state index contributed by atoms with van der Waals surface area (Å²) in [6.07, 6.45) is -1.04. The average Bonchev–Trinajstić information content (AvgIpc) is 2.26. The highest BCUT2D eigenvalue weighted by atomic mass is 35.6. The molecule has 1 rings (SSSR count). The Kier molecular flexibility index (Phi) is 3.27. The maximum atomic E-state index is 11.5. The Bertz CT molecular complexity index is 251. The molecule has 0 spiro atoms. The normalized spacial score (nSPS) is 33.6. The van der Waals surface area contributed by atoms with Crippen LogP contribution in [0.3, 0.4) is 0 Å². The van der Waals surface area contributed by atoms with Gasteiger partial charge in [0.15, 0.2) is 6.10 Å². The number of nitrogens with one attached hydrogen (secondary N) is 1. The molecule has 1 aliphatic heterocycles. The van der Waals surface area contributed by atoms with Crippen molar-refractivity contribution in [3.05, 3.63) is 0 Å². The highest BCUT2D eigenvalue weighted by Crippen LogP contribution is 2.39. The molecule has 1 amide bonds. The molecule has 0 aromatic heterocycles. The molecular formula is C8H12Cl3NO2. The van der Waals surface area contributed by atoms with Crippen LogP contribution in [0.2, 0.25) is 0 Å². The third-order valence-corrected chi connectivity index (χ3v) is 2.97. The lowest BCUT2D eigenvalue weighted by Crippen LogP contribution is -2.44. The predicted molar refractivity (Wildman–Crippen MR) is 56.5 cm³/mol. The van der Waals surface area contributed by atoms with E-state index in [9.17, 15) is 4.79 Å². The van der Waals surface area contributed by atoms with Crippen LogP contribution in [0.15, 0.2) is 0 Å². The van der Waals surface area contributed by atoms with Crippen molar-refractivity contribution in [2.45, 2.75) is 36.4 Å². The molecule has 0 aliphatic carbocycles. The van der Waals surface area contributed by atoms with E-state index < -0.39 is 15.6 Å². The van der Waals surface area contributed by atoms with E-state index in [-0.39, 0.29) is 11.8 Å². The van der Waals surface area contributed by atoms with Crippen LogP contribution >= 0.6 is 34.8 Å². The minimum absolute atomic E-state index is 0.101. The zero-order valence-electron chi connectivity index (χ0n) is 8.11. The second kappa shape index (κ2) is 3.71. The van der Waals surface area contributed by atoms with Crippen LogP contribution in [0.4, 0.5) is 0 Å². The van der Waals surface area contributed by atoms with Crippen LogP contribution in [0.25, 0.3) is 0 Å². The molecule has 0 aromatic rings. The van der Waals surface area contributed by atoms with E-state index in [1.54, 1.807) is 6.92 Å². The number of rotatable bonds is 1. The van der Waals surface area contributed by atoms with E-state index in [0.717, 1.165) is 0 Å². The van der Waals surface area contributed by atoms with Gasteiger partial charge in [-0.3, -0.25) is 4.79 Å². The maximum absolute atomic E-state index is 11.5. The molecular weight excluding hydrogens is 248 g/mol. The Morgan fingerprint density at radius 3 is 2.21 bits per heavy atom. The molecule has 6 heteroatoms. The molecule has 1 N–H and O–H groups in total. The van der Waals surface area contributed by atoms with Crippen molar-refractivity contribution in [3.8, 4) is 0 Å². The predicted octanol–water partition coefficient (Wildman–Crippen LogP) is 2.24. The molecule has 3 nitrogen and oxygen atoms in total. The van der Waals surface area contributed by atoms with Crippen molar-refractivity contribution in [3.63, 3.8) is 0 Å². The summed E-state index contributed by atoms with van der Waals surface area (Å²) in [6, 6.07) is 0. The van der Waals surface area contributed by atoms with Gasteiger partial charge in [-0.25, -0.2) is 0 Å². The second-order valence-corrected chi connectivity index (χ2v) is 6.16. The van der Waals surface area contributed by atoms with Gasteiger partial charge >= 0.3 is 0 Å². The molecule has 0 bridgehead atoms. The monoisotopic (exact) mass is 259 g/mol. The molecule has 1 heterocycles. The Labute approximate surface area is 98.0 Å². The van der Waals surface area contributed by atoms with Gasteiger partial charge in [0.25, 0.3) is 5.91 Å². The van der Waals surface area contributed by atoms with Crippen LogP contribution in [-0.4, -0.2) is 21.5 Å². The summed E-state index contributed by atoms with van der Waals surface area (Å²) in [5.74, 6) is -0.287. The fourth-order valence-electron chi connectivity index (χ4n) is 1.13. The fourth-order valence-corrected chi connectivity index (χ4v) is 1.56. The van der Waals surface area contributed by atoms with Gasteiger partial charge in [-0.15, -0.1) is 0 Å². The van der Waals surface area contributed by atoms with Crippen molar-refractivity contribution in [2.24, 2.45) is 5.92 Å². The number of carbonyl (C=O) groups excluding carboxylic acids is 1. The Morgan fingerprint density at radius 1 is 1.50 bits per heavy atom. The molecule has 0 unspecified atom stereocenters. The molecule has 0 radical (unpaired) electrons. The Balaban J connectivity index is 2.84. The van der Waals surface area contributed by atoms with Crippen molar-refractivity contribution in [2.75, 3.05) is 0 Å². The van der Waals surface area contributed by atoms with Crippen molar-refractivity contribution < 1.29 is 9.53 Å². The first kappa shape index (κ1) is 12.4. The lowest BCUT2D eigenvalue weighted by molar-refractivity contribution is -0.124. The molecule has 0 saturated carbocycles. The van der Waals surface area contributed by atoms with E-state index in [0.29, 0.717) is 0 Å². The summed E-state index contributed by atoms with van der Waals surface area (Å²) < 4.78 is 3.71. The zero-order valence-corrected chi connectivity index (χ0v) is 10.4. The smallest absolute Gasteiger partial charge is 0.255 e. The average molecular weight is 261 g/mol. The quantitative estimate of drug-likeness (QED) is 0.734. The third kappa shape index (κ3) is 2.27. The number of carbonyl (C=O) groups is 1. The first-order chi connectivity index (χ1) is 6.17. The van der Waals surface area contributed by atoms with Gasteiger partial charge in [0.05, 0.1) is 0 Å². The summed E-state index contributed by atoms with van der Waals surface area (Å²) in [7, 11) is 0. The number of hydrogen-bond acceptors (Lipinski definition) is 2. The van der Waals surface area contributed by atoms with E-state index >= 15 is 0 Å². The van der Waals surface area contributed by atoms with Crippen LogP contribution < -0.4 is 5.32 Å². The number of ether oxygens (including phenoxy) is 1. The molecule has 0 aromatic carbocycles. The highest BCUT2D eigenvalue weighted by molar-refractivity contribution is 6.68. The van der Waals surface area contributed by atoms with Crippen molar-refractivity contribution >= 4 is 40.7 Å². The first-order valence-electron chi connectivity index (χ1n) is 4.23. The van der Waals surface area contributed by atoms with Crippen LogP contribution in [0.1, 0.15) is 20.8 Å². The van der Waals surface area contributed by atoms with E-state index in [1.807, 2.05) is 13.8 Å². The van der Waals surface area contributed by atoms with Gasteiger partial charge in [-0.1, -0.05) is 48.7 Å². The molecule has 1 saturated heterocycles. The maximum Gasteiger partial charge on any atom is 0.255 e. The van der Waals surface area contributed by atoms with Gasteiger partial charge in [-0.05, 0) is 6.92 Å². The summed E-state index contributed by atoms with van der Waals surface area (Å²) >= 11 is 16.8. The van der Waals surface area contributed by atoms with Gasteiger partial charge in [0.2, 0.25) is 3.79 Å². The minimum Gasteiger partial charge on any atom is -0.338 e. The van der Waals surface area contributed by atoms with Gasteiger partial charge in [0, 0.05) is 5.92 Å². The molecule has 14 heavy (non-hydrogen) atoms. The lowest BCUT2D eigenvalue weighted by Gasteiger charge is -2.28. The van der Waals surface area contributed by atoms with Gasteiger partial charge in [-0.2, -0.15) is 0 Å². The summed E-state index contributed by atoms with van der Waals surface area (Å²) in [5.41, 5.74) is -0.758. The topological polar surface area (TPSA) is 38.3 Å². The Morgan fingerprint density at radius 2 is 2.00 bits per heavy atom. The molecule has 1 aliphatic rings. The molecule has 2 atom stereocenters. The van der Waals surface area contributed by atoms with Gasteiger partial charge < -0.3 is 10.1 Å². The number of hydrogen-bond donors (Lipinski definition) is 1. The highest BCUT2D eigenvalue weighted by Gasteiger charge is 2.52. The molecule has 1 fully saturated rings. The first-order valence-corrected chi connectivity index (χ1v) is 5.37. The van der Waals surface area contributed by atoms with Crippen molar-refractivity contribution in [1.82, 2.24) is 5.32 Å². The Hall–Kier alpha value is 0.300. The standard InChI is InChI=1S/C8H12Cl3NO2/c1-4(2)7(3)12-6(13)5(14-7)8(9,10)11/h4-5H,1-3H3,(H,12,13)/t5-,7-/m1/s1. The SMILES string of the molecule is CC(C)[C@]1(C)NC(=O)[C@H](C(Cl)(Cl)Cl)O1. The van der Waals surface area contributed by atoms with Crippen molar-refractivity contribution in [1.29, 1.82) is 0 Å². The van der Waals surface area contributed by atoms with Crippen LogP contribution in [-0.2, 0) is 9.53 Å². The van der Waals surface area contributed by atoms with Crippen LogP contribution in [0.5, 0.6) is 0 Å². The van der Waals surface area contributed by atoms with Crippen LogP contribution in [0, 0.1) is 5.92 Å². The third-order valence-electron chi connectivity index (χ3n) is 2.37. The number of amides is 1. The summed E-state index contributed by atoms with van der Waals surface area (Å²) in [5, 5.41) is 2.67. The minimum atomic E-state index is -1.73. The molecule has 82 valence electrons. The van der Waals surface area contributed by atoms with E-state index in [2.05, 4.69) is 5.32 Å². The number of halogens is 3. The van der Waals surface area contributed by atoms with E-state index in [1.165, 1.54) is 0 Å². The van der Waals surface area contributed by atoms with Gasteiger partial charge in [0.1, 0.15) is 5.72 Å². The fraction of sp³-hybridized carbons (Fsp3) is 0.875. The second-order valence-electron chi connectivity index (χ2n) is 3.79.